The van der Waals surface area contributed by atoms with Gasteiger partial charge in [-0.25, -0.2) is 4.98 Å². The van der Waals surface area contributed by atoms with Gasteiger partial charge in [0.2, 0.25) is 0 Å². The van der Waals surface area contributed by atoms with Gasteiger partial charge >= 0.3 is 0 Å². The number of aromatic nitrogens is 2. The van der Waals surface area contributed by atoms with Crippen molar-refractivity contribution < 1.29 is 0 Å². The van der Waals surface area contributed by atoms with E-state index in [0.29, 0.717) is 0 Å². The van der Waals surface area contributed by atoms with E-state index < -0.39 is 0 Å². The molecule has 0 amide bonds. The molecule has 3 aromatic rings. The minimum Gasteiger partial charge on any atom is -0.341 e. The maximum absolute atomic E-state index is 6.41. The van der Waals surface area contributed by atoms with Crippen LogP contribution in [0.3, 0.4) is 0 Å². The van der Waals surface area contributed by atoms with E-state index in [1.54, 1.807) is 0 Å². The highest BCUT2D eigenvalue weighted by atomic mass is 15.0. The maximum atomic E-state index is 6.41. The van der Waals surface area contributed by atoms with E-state index in [2.05, 4.69) is 105 Å². The summed E-state index contributed by atoms with van der Waals surface area (Å²) in [4.78, 5) is 12.5. The van der Waals surface area contributed by atoms with Crippen LogP contribution in [0.5, 0.6) is 0 Å². The summed E-state index contributed by atoms with van der Waals surface area (Å²) in [6.07, 6.45) is 4.65. The second-order valence-electron chi connectivity index (χ2n) is 11.5. The molecule has 0 fully saturated rings. The average Bonchev–Trinajstić information content (AvgIpc) is 3.47. The van der Waals surface area contributed by atoms with Crippen molar-refractivity contribution in [2.75, 3.05) is 0 Å². The Labute approximate surface area is 203 Å². The summed E-state index contributed by atoms with van der Waals surface area (Å²) >= 11 is 0. The van der Waals surface area contributed by atoms with Crippen LogP contribution in [0.2, 0.25) is 0 Å². The number of nitrogens with zero attached hydrogens (tertiary/aromatic N) is 2. The van der Waals surface area contributed by atoms with Crippen LogP contribution in [0.4, 0.5) is 0 Å². The third-order valence-corrected chi connectivity index (χ3v) is 6.66. The first kappa shape index (κ1) is 24.1. The smallest absolute Gasteiger partial charge is 0.124 e. The zero-order valence-electron chi connectivity index (χ0n) is 21.2. The predicted octanol–water partition coefficient (Wildman–Crippen LogP) is 6.35. The van der Waals surface area contributed by atoms with Crippen LogP contribution in [0.1, 0.15) is 65.4 Å². The molecule has 5 N–H and O–H groups in total. The monoisotopic (exact) mass is 455 g/mol. The van der Waals surface area contributed by atoms with Gasteiger partial charge in [-0.15, -0.1) is 0 Å². The molecule has 1 aliphatic rings. The van der Waals surface area contributed by atoms with Crippen LogP contribution < -0.4 is 11.5 Å². The fraction of sp³-hybridized carbons (Fsp3) is 0.379. The largest absolute Gasteiger partial charge is 0.341 e. The fourth-order valence-corrected chi connectivity index (χ4v) is 4.08. The SMILES string of the molecule is CC(C)(C)[C@H](N)C1=NC=C(c2ccc(-c3ccc(-c4cnc([C@@H](N)C(C)(C)C)[nH]4)cc3)cc2)C1. The normalized spacial score (nSPS) is 16.2. The summed E-state index contributed by atoms with van der Waals surface area (Å²) in [5.74, 6) is 0.818. The Kier molecular flexibility index (Phi) is 6.36. The molecule has 2 heterocycles. The molecule has 0 bridgehead atoms. The van der Waals surface area contributed by atoms with E-state index in [9.17, 15) is 0 Å². The number of benzene rings is 2. The van der Waals surface area contributed by atoms with Gasteiger partial charge in [-0.1, -0.05) is 90.1 Å². The molecule has 2 atom stereocenters. The number of hydrogen-bond donors (Lipinski definition) is 3. The molecule has 178 valence electrons. The lowest BCUT2D eigenvalue weighted by molar-refractivity contribution is 0.317. The van der Waals surface area contributed by atoms with E-state index in [0.717, 1.165) is 29.2 Å². The molecule has 2 aromatic carbocycles. The zero-order valence-corrected chi connectivity index (χ0v) is 21.2. The highest BCUT2D eigenvalue weighted by molar-refractivity contribution is 6.01. The number of imidazole rings is 1. The second kappa shape index (κ2) is 8.97. The number of nitrogens with two attached hydrogens (primary N) is 2. The van der Waals surface area contributed by atoms with Gasteiger partial charge in [-0.05, 0) is 38.7 Å². The lowest BCUT2D eigenvalue weighted by atomic mass is 9.83. The molecule has 0 spiro atoms. The second-order valence-corrected chi connectivity index (χ2v) is 11.5. The summed E-state index contributed by atoms with van der Waals surface area (Å²) in [6, 6.07) is 17.0. The van der Waals surface area contributed by atoms with Crippen molar-refractivity contribution >= 4 is 11.3 Å². The average molecular weight is 456 g/mol. The van der Waals surface area contributed by atoms with Crippen LogP contribution in [0.25, 0.3) is 28.0 Å². The van der Waals surface area contributed by atoms with Gasteiger partial charge in [-0.2, -0.15) is 0 Å². The quantitative estimate of drug-likeness (QED) is 0.418. The van der Waals surface area contributed by atoms with E-state index >= 15 is 0 Å². The number of rotatable bonds is 5. The maximum Gasteiger partial charge on any atom is 0.124 e. The van der Waals surface area contributed by atoms with Crippen molar-refractivity contribution in [3.05, 3.63) is 72.3 Å². The summed E-state index contributed by atoms with van der Waals surface area (Å²) in [6.45, 7) is 12.8. The number of hydrogen-bond acceptors (Lipinski definition) is 4. The van der Waals surface area contributed by atoms with Gasteiger partial charge in [0.05, 0.1) is 17.9 Å². The number of aromatic amines is 1. The van der Waals surface area contributed by atoms with Crippen molar-refractivity contribution in [2.45, 2.75) is 60.0 Å². The molecule has 0 radical (unpaired) electrons. The molecule has 1 aliphatic heterocycles. The highest BCUT2D eigenvalue weighted by Crippen LogP contribution is 2.32. The van der Waals surface area contributed by atoms with Gasteiger partial charge in [0.15, 0.2) is 0 Å². The van der Waals surface area contributed by atoms with Crippen LogP contribution in [0, 0.1) is 10.8 Å². The third-order valence-electron chi connectivity index (χ3n) is 6.66. The van der Waals surface area contributed by atoms with Crippen LogP contribution >= 0.6 is 0 Å². The van der Waals surface area contributed by atoms with Gasteiger partial charge in [0, 0.05) is 24.4 Å². The van der Waals surface area contributed by atoms with Crippen molar-refractivity contribution in [3.8, 4) is 22.4 Å². The summed E-state index contributed by atoms with van der Waals surface area (Å²) in [5.41, 5.74) is 20.6. The van der Waals surface area contributed by atoms with Crippen molar-refractivity contribution in [1.29, 1.82) is 0 Å². The van der Waals surface area contributed by atoms with Crippen LogP contribution in [0.15, 0.2) is 65.9 Å². The molecular weight excluding hydrogens is 418 g/mol. The Morgan fingerprint density at radius 1 is 0.735 bits per heavy atom. The molecular formula is C29H37N5. The summed E-state index contributed by atoms with van der Waals surface area (Å²) < 4.78 is 0. The topological polar surface area (TPSA) is 93.1 Å². The number of H-pyrrole nitrogens is 1. The highest BCUT2D eigenvalue weighted by Gasteiger charge is 2.28. The standard InChI is InChI=1S/C29H37N5/c1-28(2,3)25(30)23-15-22(16-32-23)20-9-7-18(8-10-20)19-11-13-21(14-12-19)24-17-33-27(34-24)26(31)29(4,5)6/h7-14,16-17,25-26H,15,30-31H2,1-6H3,(H,33,34)/t25-,26-/m1/s1. The molecule has 0 aliphatic carbocycles. The van der Waals surface area contributed by atoms with Gasteiger partial charge in [0.1, 0.15) is 5.82 Å². The Hall–Kier alpha value is -3.02. The zero-order chi connectivity index (χ0) is 24.7. The fourth-order valence-electron chi connectivity index (χ4n) is 4.08. The van der Waals surface area contributed by atoms with Crippen LogP contribution in [-0.2, 0) is 0 Å². The Morgan fingerprint density at radius 2 is 1.24 bits per heavy atom. The Bertz CT molecular complexity index is 1200. The van der Waals surface area contributed by atoms with Crippen LogP contribution in [-0.4, -0.2) is 21.7 Å². The lowest BCUT2D eigenvalue weighted by Gasteiger charge is -2.27. The molecule has 1 aromatic heterocycles. The van der Waals surface area contributed by atoms with Gasteiger partial charge in [0.25, 0.3) is 0 Å². The Balaban J connectivity index is 1.44. The molecule has 4 rings (SSSR count). The number of nitrogens with one attached hydrogen (secondary N) is 1. The Morgan fingerprint density at radius 3 is 1.76 bits per heavy atom. The van der Waals surface area contributed by atoms with Crippen molar-refractivity contribution in [1.82, 2.24) is 9.97 Å². The third kappa shape index (κ3) is 5.06. The first-order valence-corrected chi connectivity index (χ1v) is 12.0. The van der Waals surface area contributed by atoms with Gasteiger partial charge < -0.3 is 16.5 Å². The van der Waals surface area contributed by atoms with E-state index in [4.69, 9.17) is 11.5 Å². The summed E-state index contributed by atoms with van der Waals surface area (Å²) in [7, 11) is 0. The predicted molar refractivity (Wildman–Crippen MR) is 143 cm³/mol. The van der Waals surface area contributed by atoms with Gasteiger partial charge in [-0.3, -0.25) is 4.99 Å². The number of allylic oxidation sites excluding steroid dienone is 1. The molecule has 5 nitrogen and oxygen atoms in total. The van der Waals surface area contributed by atoms with E-state index in [-0.39, 0.29) is 22.9 Å². The van der Waals surface area contributed by atoms with Crippen molar-refractivity contribution in [3.63, 3.8) is 0 Å². The van der Waals surface area contributed by atoms with E-state index in [1.807, 2.05) is 12.4 Å². The minimum absolute atomic E-state index is 0.00845. The van der Waals surface area contributed by atoms with Crippen molar-refractivity contribution in [2.24, 2.45) is 27.3 Å². The molecule has 5 heteroatoms. The number of aliphatic imine (C=N–C) groups is 1. The molecule has 0 saturated carbocycles. The van der Waals surface area contributed by atoms with E-state index in [1.165, 1.54) is 22.3 Å². The first-order chi connectivity index (χ1) is 15.9. The minimum atomic E-state index is -0.139. The lowest BCUT2D eigenvalue weighted by Crippen LogP contribution is -2.41. The first-order valence-electron chi connectivity index (χ1n) is 12.0. The molecule has 0 saturated heterocycles. The summed E-state index contributed by atoms with van der Waals surface area (Å²) in [5, 5.41) is 0. The molecule has 0 unspecified atom stereocenters. The molecule has 34 heavy (non-hydrogen) atoms.